The number of hydrazone groups is 1. The van der Waals surface area contributed by atoms with Crippen LogP contribution in [0.1, 0.15) is 39.1 Å². The van der Waals surface area contributed by atoms with E-state index >= 15 is 0 Å². The standard InChI is InChI=1S/C28H28N6O4S2/c1-33-25(16-29-27(36)24-5-4-14-39-24)30-31-28(33)40-17-26(35)34-23(19-8-12-21(38-3)13-9-19)15-22(32-34)18-6-10-20(37-2)11-7-18/h4-14,23H,15-17H2,1-3H3,(H,29,36)/t23-/m1/s1. The predicted molar refractivity (Wildman–Crippen MR) is 154 cm³/mol. The summed E-state index contributed by atoms with van der Waals surface area (Å²) < 4.78 is 12.4. The minimum absolute atomic E-state index is 0.125. The van der Waals surface area contributed by atoms with E-state index in [2.05, 4.69) is 15.5 Å². The minimum Gasteiger partial charge on any atom is -0.497 e. The molecule has 0 saturated carbocycles. The lowest BCUT2D eigenvalue weighted by Gasteiger charge is -2.22. The highest BCUT2D eigenvalue weighted by Crippen LogP contribution is 2.34. The summed E-state index contributed by atoms with van der Waals surface area (Å²) >= 11 is 2.66. The molecule has 2 aromatic carbocycles. The van der Waals surface area contributed by atoms with Gasteiger partial charge in [0.25, 0.3) is 11.8 Å². The Balaban J connectivity index is 1.29. The Bertz CT molecular complexity index is 1500. The van der Waals surface area contributed by atoms with E-state index in [9.17, 15) is 9.59 Å². The van der Waals surface area contributed by atoms with E-state index in [1.54, 1.807) is 29.9 Å². The van der Waals surface area contributed by atoms with E-state index < -0.39 is 0 Å². The molecule has 1 atom stereocenters. The molecular formula is C28H28N6O4S2. The predicted octanol–water partition coefficient (Wildman–Crippen LogP) is 4.29. The monoisotopic (exact) mass is 576 g/mol. The Morgan fingerprint density at radius 2 is 1.73 bits per heavy atom. The van der Waals surface area contributed by atoms with Gasteiger partial charge in [0.05, 0.1) is 43.1 Å². The van der Waals surface area contributed by atoms with E-state index in [1.165, 1.54) is 23.1 Å². The summed E-state index contributed by atoms with van der Waals surface area (Å²) in [5.74, 6) is 1.91. The average molecular weight is 577 g/mol. The molecule has 0 saturated heterocycles. The Morgan fingerprint density at radius 1 is 1.02 bits per heavy atom. The van der Waals surface area contributed by atoms with Gasteiger partial charge < -0.3 is 19.4 Å². The fourth-order valence-electron chi connectivity index (χ4n) is 4.26. The maximum Gasteiger partial charge on any atom is 0.261 e. The van der Waals surface area contributed by atoms with Crippen LogP contribution in [-0.4, -0.2) is 57.3 Å². The van der Waals surface area contributed by atoms with Crippen LogP contribution in [0.15, 0.2) is 76.3 Å². The fraction of sp³-hybridized carbons (Fsp3) is 0.250. The number of methoxy groups -OCH3 is 2. The van der Waals surface area contributed by atoms with E-state index in [4.69, 9.17) is 14.6 Å². The molecule has 0 fully saturated rings. The molecule has 0 bridgehead atoms. The number of rotatable bonds is 10. The summed E-state index contributed by atoms with van der Waals surface area (Å²) in [6.07, 6.45) is 0.576. The van der Waals surface area contributed by atoms with Crippen LogP contribution in [0.2, 0.25) is 0 Å². The van der Waals surface area contributed by atoms with Crippen LogP contribution in [0.4, 0.5) is 0 Å². The van der Waals surface area contributed by atoms with Crippen LogP contribution < -0.4 is 14.8 Å². The fourth-order valence-corrected chi connectivity index (χ4v) is 5.68. The highest BCUT2D eigenvalue weighted by atomic mass is 32.2. The molecule has 0 aliphatic carbocycles. The second-order valence-electron chi connectivity index (χ2n) is 8.91. The van der Waals surface area contributed by atoms with Gasteiger partial charge in [0, 0.05) is 13.5 Å². The van der Waals surface area contributed by atoms with Crippen molar-refractivity contribution in [1.29, 1.82) is 0 Å². The molecule has 2 amide bonds. The number of thioether (sulfide) groups is 1. The maximum absolute atomic E-state index is 13.5. The summed E-state index contributed by atoms with van der Waals surface area (Å²) in [5.41, 5.74) is 2.72. The van der Waals surface area contributed by atoms with Crippen LogP contribution in [0.25, 0.3) is 0 Å². The first-order valence-corrected chi connectivity index (χ1v) is 14.3. The van der Waals surface area contributed by atoms with Gasteiger partial charge in [-0.2, -0.15) is 5.10 Å². The first-order valence-electron chi connectivity index (χ1n) is 12.5. The third kappa shape index (κ3) is 6.02. The number of nitrogens with one attached hydrogen (secondary N) is 1. The van der Waals surface area contributed by atoms with Crippen LogP contribution in [0.3, 0.4) is 0 Å². The Kier molecular flexibility index (Phi) is 8.46. The molecule has 40 heavy (non-hydrogen) atoms. The molecule has 12 heteroatoms. The van der Waals surface area contributed by atoms with E-state index in [0.717, 1.165) is 28.3 Å². The van der Waals surface area contributed by atoms with Gasteiger partial charge in [0.2, 0.25) is 0 Å². The number of ether oxygens (including phenoxy) is 2. The normalized spacial score (nSPS) is 14.6. The molecule has 0 unspecified atom stereocenters. The molecule has 4 aromatic rings. The number of carbonyl (C=O) groups is 2. The van der Waals surface area contributed by atoms with Crippen molar-refractivity contribution in [1.82, 2.24) is 25.1 Å². The lowest BCUT2D eigenvalue weighted by molar-refractivity contribution is -0.130. The molecule has 206 valence electrons. The van der Waals surface area contributed by atoms with Crippen molar-refractivity contribution in [3.05, 3.63) is 87.9 Å². The molecule has 1 aliphatic rings. The summed E-state index contributed by atoms with van der Waals surface area (Å²) in [7, 11) is 5.06. The zero-order valence-electron chi connectivity index (χ0n) is 22.2. The molecule has 10 nitrogen and oxygen atoms in total. The molecule has 1 aliphatic heterocycles. The number of carbonyl (C=O) groups excluding carboxylic acids is 2. The lowest BCUT2D eigenvalue weighted by Crippen LogP contribution is -2.28. The minimum atomic E-state index is -0.251. The third-order valence-corrected chi connectivity index (χ3v) is 8.37. The number of aromatic nitrogens is 3. The average Bonchev–Trinajstić information content (AvgIpc) is 3.76. The van der Waals surface area contributed by atoms with Crippen molar-refractivity contribution in [3.63, 3.8) is 0 Å². The third-order valence-electron chi connectivity index (χ3n) is 6.49. The Hall–Kier alpha value is -4.16. The number of hydrogen-bond donors (Lipinski definition) is 1. The Labute approximate surface area is 240 Å². The van der Waals surface area contributed by atoms with Gasteiger partial charge in [0.1, 0.15) is 11.5 Å². The van der Waals surface area contributed by atoms with Gasteiger partial charge in [0.15, 0.2) is 11.0 Å². The number of amides is 2. The SMILES string of the molecule is COc1ccc(C2=NN(C(=O)CSc3nnc(CNC(=O)c4cccs4)n3C)[C@@H](c3ccc(OC)cc3)C2)cc1. The molecule has 2 aromatic heterocycles. The summed E-state index contributed by atoms with van der Waals surface area (Å²) in [5, 5.41) is 20.0. The van der Waals surface area contributed by atoms with Crippen molar-refractivity contribution < 1.29 is 19.1 Å². The van der Waals surface area contributed by atoms with E-state index in [0.29, 0.717) is 22.3 Å². The summed E-state index contributed by atoms with van der Waals surface area (Å²) in [4.78, 5) is 26.4. The summed E-state index contributed by atoms with van der Waals surface area (Å²) in [6, 6.07) is 18.7. The number of hydrogen-bond acceptors (Lipinski definition) is 9. The van der Waals surface area contributed by atoms with Gasteiger partial charge in [-0.3, -0.25) is 9.59 Å². The highest BCUT2D eigenvalue weighted by molar-refractivity contribution is 7.99. The first-order chi connectivity index (χ1) is 19.5. The highest BCUT2D eigenvalue weighted by Gasteiger charge is 2.33. The molecule has 0 spiro atoms. The second-order valence-corrected chi connectivity index (χ2v) is 10.8. The molecule has 5 rings (SSSR count). The second kappa shape index (κ2) is 12.3. The summed E-state index contributed by atoms with van der Waals surface area (Å²) in [6.45, 7) is 0.232. The molecular weight excluding hydrogens is 548 g/mol. The molecule has 3 heterocycles. The number of thiophene rings is 1. The van der Waals surface area contributed by atoms with Crippen LogP contribution in [0.5, 0.6) is 11.5 Å². The van der Waals surface area contributed by atoms with Crippen molar-refractivity contribution >= 4 is 40.6 Å². The van der Waals surface area contributed by atoms with Gasteiger partial charge in [-0.25, -0.2) is 5.01 Å². The zero-order chi connectivity index (χ0) is 28.1. The largest absolute Gasteiger partial charge is 0.497 e. The van der Waals surface area contributed by atoms with Crippen molar-refractivity contribution in [2.75, 3.05) is 20.0 Å². The molecule has 1 N–H and O–H groups in total. The number of benzene rings is 2. The van der Waals surface area contributed by atoms with Crippen LogP contribution in [0, 0.1) is 0 Å². The van der Waals surface area contributed by atoms with Gasteiger partial charge in [-0.05, 0) is 59.0 Å². The van der Waals surface area contributed by atoms with Gasteiger partial charge >= 0.3 is 0 Å². The van der Waals surface area contributed by atoms with Gasteiger partial charge in [-0.15, -0.1) is 21.5 Å². The Morgan fingerprint density at radius 3 is 2.38 bits per heavy atom. The van der Waals surface area contributed by atoms with Gasteiger partial charge in [-0.1, -0.05) is 30.0 Å². The van der Waals surface area contributed by atoms with Crippen LogP contribution >= 0.6 is 23.1 Å². The quantitative estimate of drug-likeness (QED) is 0.280. The topological polar surface area (TPSA) is 111 Å². The molecule has 0 radical (unpaired) electrons. The first kappa shape index (κ1) is 27.4. The lowest BCUT2D eigenvalue weighted by atomic mass is 9.98. The van der Waals surface area contributed by atoms with E-state index in [-0.39, 0.29) is 30.2 Å². The maximum atomic E-state index is 13.5. The van der Waals surface area contributed by atoms with E-state index in [1.807, 2.05) is 67.0 Å². The van der Waals surface area contributed by atoms with Crippen molar-refractivity contribution in [2.45, 2.75) is 24.2 Å². The number of nitrogens with zero attached hydrogens (tertiary/aromatic N) is 5. The van der Waals surface area contributed by atoms with Crippen molar-refractivity contribution in [3.8, 4) is 11.5 Å². The van der Waals surface area contributed by atoms with Crippen molar-refractivity contribution in [2.24, 2.45) is 12.1 Å². The van der Waals surface area contributed by atoms with Crippen LogP contribution in [-0.2, 0) is 18.4 Å². The zero-order valence-corrected chi connectivity index (χ0v) is 23.9. The smallest absolute Gasteiger partial charge is 0.261 e.